The van der Waals surface area contributed by atoms with Crippen LogP contribution < -0.4 is 5.32 Å². The van der Waals surface area contributed by atoms with Gasteiger partial charge in [-0.25, -0.2) is 4.68 Å². The number of nitrogens with zero attached hydrogens (tertiary/aromatic N) is 3. The molecule has 6 heteroatoms. The van der Waals surface area contributed by atoms with Crippen molar-refractivity contribution >= 4 is 11.5 Å². The SMILES string of the molecule is Cc1ccc(C#CC2CC2)cc1Nc1cn(CC2OCC(C)(C)CO2)nn1. The minimum atomic E-state index is -0.282. The van der Waals surface area contributed by atoms with Crippen LogP contribution in [0.4, 0.5) is 11.5 Å². The van der Waals surface area contributed by atoms with Crippen molar-refractivity contribution in [2.45, 2.75) is 46.4 Å². The van der Waals surface area contributed by atoms with Crippen molar-refractivity contribution in [2.24, 2.45) is 11.3 Å². The molecule has 0 spiro atoms. The molecule has 1 aliphatic carbocycles. The minimum absolute atomic E-state index is 0.0660. The van der Waals surface area contributed by atoms with Crippen LogP contribution in [0.2, 0.25) is 0 Å². The first-order valence-corrected chi connectivity index (χ1v) is 9.49. The van der Waals surface area contributed by atoms with Crippen molar-refractivity contribution < 1.29 is 9.47 Å². The van der Waals surface area contributed by atoms with Crippen molar-refractivity contribution in [3.05, 3.63) is 35.5 Å². The Hall–Kier alpha value is -2.36. The highest BCUT2D eigenvalue weighted by Crippen LogP contribution is 2.28. The second-order valence-corrected chi connectivity index (χ2v) is 8.24. The zero-order chi connectivity index (χ0) is 18.9. The summed E-state index contributed by atoms with van der Waals surface area (Å²) in [4.78, 5) is 0. The molecule has 2 heterocycles. The van der Waals surface area contributed by atoms with Crippen molar-refractivity contribution in [3.63, 3.8) is 0 Å². The highest BCUT2D eigenvalue weighted by atomic mass is 16.7. The largest absolute Gasteiger partial charge is 0.350 e. The van der Waals surface area contributed by atoms with Gasteiger partial charge in [0.05, 0.1) is 26.0 Å². The maximum absolute atomic E-state index is 5.76. The average molecular weight is 366 g/mol. The summed E-state index contributed by atoms with van der Waals surface area (Å²) in [6.07, 6.45) is 4.06. The Balaban J connectivity index is 1.39. The van der Waals surface area contributed by atoms with Crippen LogP contribution in [-0.2, 0) is 16.0 Å². The summed E-state index contributed by atoms with van der Waals surface area (Å²) >= 11 is 0. The molecule has 2 aromatic rings. The third kappa shape index (κ3) is 4.88. The topological polar surface area (TPSA) is 61.2 Å². The van der Waals surface area contributed by atoms with E-state index in [9.17, 15) is 0 Å². The number of ether oxygens (including phenoxy) is 2. The summed E-state index contributed by atoms with van der Waals surface area (Å²) in [5.41, 5.74) is 3.23. The molecule has 1 aliphatic heterocycles. The van der Waals surface area contributed by atoms with E-state index >= 15 is 0 Å². The van der Waals surface area contributed by atoms with Gasteiger partial charge in [0, 0.05) is 22.6 Å². The predicted molar refractivity (Wildman–Crippen MR) is 104 cm³/mol. The molecule has 1 aromatic carbocycles. The van der Waals surface area contributed by atoms with Crippen molar-refractivity contribution in [2.75, 3.05) is 18.5 Å². The number of rotatable bonds is 4. The molecule has 1 saturated carbocycles. The van der Waals surface area contributed by atoms with Crippen molar-refractivity contribution in [3.8, 4) is 11.8 Å². The molecule has 2 fully saturated rings. The van der Waals surface area contributed by atoms with Crippen LogP contribution in [0.5, 0.6) is 0 Å². The molecule has 142 valence electrons. The van der Waals surface area contributed by atoms with E-state index in [4.69, 9.17) is 9.47 Å². The van der Waals surface area contributed by atoms with Crippen LogP contribution in [0.15, 0.2) is 24.4 Å². The molecule has 0 radical (unpaired) electrons. The summed E-state index contributed by atoms with van der Waals surface area (Å²) in [5.74, 6) is 7.85. The fourth-order valence-electron chi connectivity index (χ4n) is 2.82. The molecule has 6 nitrogen and oxygen atoms in total. The zero-order valence-electron chi connectivity index (χ0n) is 16.2. The Morgan fingerprint density at radius 3 is 2.78 bits per heavy atom. The van der Waals surface area contributed by atoms with Gasteiger partial charge in [-0.05, 0) is 37.5 Å². The number of benzene rings is 1. The highest BCUT2D eigenvalue weighted by Gasteiger charge is 2.28. The highest BCUT2D eigenvalue weighted by molar-refractivity contribution is 5.62. The van der Waals surface area contributed by atoms with Gasteiger partial charge in [0.15, 0.2) is 12.1 Å². The number of aromatic nitrogens is 3. The standard InChI is InChI=1S/C21H26N4O2/c1-15-4-5-17(9-8-16-6-7-16)10-18(15)22-19-11-25(24-23-19)12-20-26-13-21(2,3)14-27-20/h4-5,10-11,16,20,22H,6-7,12-14H2,1-3H3. The van der Waals surface area contributed by atoms with E-state index in [0.717, 1.165) is 16.8 Å². The van der Waals surface area contributed by atoms with E-state index in [1.165, 1.54) is 12.8 Å². The van der Waals surface area contributed by atoms with Crippen LogP contribution in [0.1, 0.15) is 37.8 Å². The molecule has 27 heavy (non-hydrogen) atoms. The lowest BCUT2D eigenvalue weighted by atomic mass is 9.96. The predicted octanol–water partition coefficient (Wildman–Crippen LogP) is 3.49. The van der Waals surface area contributed by atoms with Gasteiger partial charge >= 0.3 is 0 Å². The van der Waals surface area contributed by atoms with Crippen molar-refractivity contribution in [1.82, 2.24) is 15.0 Å². The number of aryl methyl sites for hydroxylation is 1. The van der Waals surface area contributed by atoms with Crippen LogP contribution in [0.3, 0.4) is 0 Å². The second-order valence-electron chi connectivity index (χ2n) is 8.24. The summed E-state index contributed by atoms with van der Waals surface area (Å²) in [5, 5.41) is 11.7. The molecule has 0 atom stereocenters. The molecular weight excluding hydrogens is 340 g/mol. The minimum Gasteiger partial charge on any atom is -0.350 e. The Bertz CT molecular complexity index is 864. The van der Waals surface area contributed by atoms with Gasteiger partial charge in [0.2, 0.25) is 0 Å². The maximum atomic E-state index is 5.76. The van der Waals surface area contributed by atoms with Crippen LogP contribution in [0, 0.1) is 30.1 Å². The number of hydrogen-bond acceptors (Lipinski definition) is 5. The monoisotopic (exact) mass is 366 g/mol. The molecule has 0 amide bonds. The number of anilines is 2. The Morgan fingerprint density at radius 2 is 2.04 bits per heavy atom. The lowest BCUT2D eigenvalue weighted by molar-refractivity contribution is -0.227. The molecule has 0 unspecified atom stereocenters. The second kappa shape index (κ2) is 7.34. The van der Waals surface area contributed by atoms with Crippen molar-refractivity contribution in [1.29, 1.82) is 0 Å². The quantitative estimate of drug-likeness (QED) is 0.840. The molecular formula is C21H26N4O2. The summed E-state index contributed by atoms with van der Waals surface area (Å²) in [6.45, 7) is 8.22. The first-order valence-electron chi connectivity index (χ1n) is 9.49. The molecule has 1 saturated heterocycles. The first-order chi connectivity index (χ1) is 13.0. The third-order valence-electron chi connectivity index (χ3n) is 4.69. The lowest BCUT2D eigenvalue weighted by Crippen LogP contribution is -2.39. The van der Waals surface area contributed by atoms with E-state index in [1.807, 2.05) is 6.20 Å². The van der Waals surface area contributed by atoms with Gasteiger partial charge in [-0.3, -0.25) is 0 Å². The summed E-state index contributed by atoms with van der Waals surface area (Å²) in [6, 6.07) is 6.21. The number of nitrogens with one attached hydrogen (secondary N) is 1. The normalized spacial score (nSPS) is 19.4. The van der Waals surface area contributed by atoms with Gasteiger partial charge in [-0.15, -0.1) is 5.10 Å². The fraction of sp³-hybridized carbons (Fsp3) is 0.524. The third-order valence-corrected chi connectivity index (χ3v) is 4.69. The molecule has 1 aromatic heterocycles. The summed E-state index contributed by atoms with van der Waals surface area (Å²) in [7, 11) is 0. The molecule has 0 bridgehead atoms. The molecule has 2 aliphatic rings. The Labute approximate surface area is 160 Å². The van der Waals surface area contributed by atoms with Gasteiger partial charge < -0.3 is 14.8 Å². The van der Waals surface area contributed by atoms with Crippen LogP contribution >= 0.6 is 0 Å². The molecule has 4 rings (SSSR count). The van der Waals surface area contributed by atoms with Gasteiger partial charge in [-0.2, -0.15) is 0 Å². The van der Waals surface area contributed by atoms with Crippen LogP contribution in [0.25, 0.3) is 0 Å². The zero-order valence-corrected chi connectivity index (χ0v) is 16.2. The number of hydrogen-bond donors (Lipinski definition) is 1. The first kappa shape index (κ1) is 18.0. The van der Waals surface area contributed by atoms with E-state index < -0.39 is 0 Å². The van der Waals surface area contributed by atoms with Gasteiger partial charge in [0.1, 0.15) is 0 Å². The smallest absolute Gasteiger partial charge is 0.177 e. The van der Waals surface area contributed by atoms with Crippen LogP contribution in [-0.4, -0.2) is 34.5 Å². The average Bonchev–Trinajstić information content (AvgIpc) is 3.37. The van der Waals surface area contributed by atoms with E-state index in [0.29, 0.717) is 31.5 Å². The Morgan fingerprint density at radius 1 is 1.26 bits per heavy atom. The molecule has 1 N–H and O–H groups in total. The van der Waals surface area contributed by atoms with Gasteiger partial charge in [-0.1, -0.05) is 37.0 Å². The Kier molecular flexibility index (Phi) is 4.90. The maximum Gasteiger partial charge on any atom is 0.177 e. The fourth-order valence-corrected chi connectivity index (χ4v) is 2.82. The summed E-state index contributed by atoms with van der Waals surface area (Å²) < 4.78 is 13.3. The lowest BCUT2D eigenvalue weighted by Gasteiger charge is -2.34. The van der Waals surface area contributed by atoms with Gasteiger partial charge in [0.25, 0.3) is 0 Å². The van der Waals surface area contributed by atoms with E-state index in [1.54, 1.807) is 4.68 Å². The van der Waals surface area contributed by atoms with E-state index in [2.05, 4.69) is 66.4 Å². The van der Waals surface area contributed by atoms with E-state index in [-0.39, 0.29) is 11.7 Å².